The minimum atomic E-state index is -1.10. The molecule has 3 rings (SSSR count). The van der Waals surface area contributed by atoms with Crippen molar-refractivity contribution in [1.82, 2.24) is 15.1 Å². The Bertz CT molecular complexity index is 614. The second-order valence-electron chi connectivity index (χ2n) is 6.84. The molecule has 2 aliphatic heterocycles. The van der Waals surface area contributed by atoms with E-state index >= 15 is 0 Å². The molecule has 3 amide bonds. The molecule has 136 valence electrons. The van der Waals surface area contributed by atoms with Crippen LogP contribution in [0, 0.1) is 0 Å². The van der Waals surface area contributed by atoms with Gasteiger partial charge in [-0.1, -0.05) is 30.3 Å². The second kappa shape index (κ2) is 7.51. The highest BCUT2D eigenvalue weighted by Gasteiger charge is 2.52. The molecule has 1 unspecified atom stereocenters. The molecule has 1 spiro atoms. The third-order valence-electron chi connectivity index (χ3n) is 5.12. The summed E-state index contributed by atoms with van der Waals surface area (Å²) >= 11 is 0. The average molecular weight is 347 g/mol. The van der Waals surface area contributed by atoms with Crippen molar-refractivity contribution in [3.8, 4) is 0 Å². The van der Waals surface area contributed by atoms with Gasteiger partial charge in [-0.3, -0.25) is 9.69 Å². The van der Waals surface area contributed by atoms with Gasteiger partial charge in [-0.2, -0.15) is 0 Å². The molecule has 2 aliphatic rings. The van der Waals surface area contributed by atoms with E-state index in [9.17, 15) is 14.7 Å². The van der Waals surface area contributed by atoms with Crippen molar-refractivity contribution in [2.24, 2.45) is 0 Å². The first-order valence-electron chi connectivity index (χ1n) is 8.73. The first-order chi connectivity index (χ1) is 12.0. The second-order valence-corrected chi connectivity index (χ2v) is 6.84. The van der Waals surface area contributed by atoms with Crippen LogP contribution in [0.2, 0.25) is 0 Å². The summed E-state index contributed by atoms with van der Waals surface area (Å²) < 4.78 is 0. The molecule has 1 aromatic carbocycles. The molecule has 0 aromatic heterocycles. The number of urea groups is 1. The van der Waals surface area contributed by atoms with E-state index in [2.05, 4.69) is 22.3 Å². The maximum Gasteiger partial charge on any atom is 0.325 e. The molecule has 2 saturated heterocycles. The van der Waals surface area contributed by atoms with Crippen LogP contribution < -0.4 is 5.32 Å². The monoisotopic (exact) mass is 347 g/mol. The molecule has 1 aromatic rings. The van der Waals surface area contributed by atoms with Crippen LogP contribution in [0.1, 0.15) is 18.4 Å². The highest BCUT2D eigenvalue weighted by molar-refractivity contribution is 6.07. The number of likely N-dealkylation sites (tertiary alicyclic amines) is 1. The number of carbonyl (C=O) groups is 2. The van der Waals surface area contributed by atoms with Gasteiger partial charge in [0.1, 0.15) is 5.54 Å². The zero-order valence-corrected chi connectivity index (χ0v) is 14.2. The third-order valence-corrected chi connectivity index (χ3v) is 5.12. The SMILES string of the molecule is O=C1NC2(CCN(CCc3ccccc3)CC2)C(=O)N1CC(O)CO. The molecular weight excluding hydrogens is 322 g/mol. The number of imide groups is 1. The molecule has 7 heteroatoms. The van der Waals surface area contributed by atoms with Crippen LogP contribution in [-0.2, 0) is 11.2 Å². The number of hydrogen-bond donors (Lipinski definition) is 3. The minimum Gasteiger partial charge on any atom is -0.394 e. The fraction of sp³-hybridized carbons (Fsp3) is 0.556. The number of carbonyl (C=O) groups excluding carboxylic acids is 2. The standard InChI is InChI=1S/C18H25N3O4/c22-13-15(23)12-21-16(24)18(19-17(21)25)7-10-20(11-8-18)9-6-14-4-2-1-3-5-14/h1-5,15,22-23H,6-13H2,(H,19,25). The average Bonchev–Trinajstić information content (AvgIpc) is 2.86. The summed E-state index contributed by atoms with van der Waals surface area (Å²) in [6.07, 6.45) is 0.995. The van der Waals surface area contributed by atoms with Crippen molar-refractivity contribution in [2.75, 3.05) is 32.8 Å². The Morgan fingerprint density at radius 1 is 1.16 bits per heavy atom. The molecule has 0 aliphatic carbocycles. The number of piperidine rings is 1. The predicted octanol–water partition coefficient (Wildman–Crippen LogP) is -0.0313. The number of hydrogen-bond acceptors (Lipinski definition) is 5. The van der Waals surface area contributed by atoms with E-state index in [-0.39, 0.29) is 12.5 Å². The first kappa shape index (κ1) is 17.8. The van der Waals surface area contributed by atoms with E-state index in [1.165, 1.54) is 5.56 Å². The van der Waals surface area contributed by atoms with Crippen LogP contribution in [0.15, 0.2) is 30.3 Å². The maximum atomic E-state index is 12.7. The van der Waals surface area contributed by atoms with Crippen LogP contribution in [0.3, 0.4) is 0 Å². The van der Waals surface area contributed by atoms with E-state index in [1.54, 1.807) is 0 Å². The zero-order chi connectivity index (χ0) is 17.9. The lowest BCUT2D eigenvalue weighted by atomic mass is 9.87. The van der Waals surface area contributed by atoms with Crippen molar-refractivity contribution in [1.29, 1.82) is 0 Å². The Labute approximate surface area is 147 Å². The van der Waals surface area contributed by atoms with E-state index in [4.69, 9.17) is 5.11 Å². The fourth-order valence-electron chi connectivity index (χ4n) is 3.54. The Kier molecular flexibility index (Phi) is 5.36. The summed E-state index contributed by atoms with van der Waals surface area (Å²) in [6.45, 7) is 1.78. The van der Waals surface area contributed by atoms with Gasteiger partial charge in [0.25, 0.3) is 5.91 Å². The van der Waals surface area contributed by atoms with Gasteiger partial charge in [-0.15, -0.1) is 0 Å². The quantitative estimate of drug-likeness (QED) is 0.629. The van der Waals surface area contributed by atoms with Crippen LogP contribution >= 0.6 is 0 Å². The molecular formula is C18H25N3O4. The summed E-state index contributed by atoms with van der Waals surface area (Å²) in [7, 11) is 0. The number of aliphatic hydroxyl groups excluding tert-OH is 2. The normalized spacial score (nSPS) is 21.6. The summed E-state index contributed by atoms with van der Waals surface area (Å²) in [5.41, 5.74) is 0.437. The van der Waals surface area contributed by atoms with Gasteiger partial charge in [0, 0.05) is 19.6 Å². The summed E-state index contributed by atoms with van der Waals surface area (Å²) in [5, 5.41) is 21.3. The molecule has 0 bridgehead atoms. The Morgan fingerprint density at radius 3 is 2.48 bits per heavy atom. The van der Waals surface area contributed by atoms with E-state index in [1.807, 2.05) is 18.2 Å². The van der Waals surface area contributed by atoms with Gasteiger partial charge in [0.15, 0.2) is 0 Å². The predicted molar refractivity (Wildman–Crippen MR) is 91.9 cm³/mol. The zero-order valence-electron chi connectivity index (χ0n) is 14.2. The molecule has 7 nitrogen and oxygen atoms in total. The van der Waals surface area contributed by atoms with Gasteiger partial charge in [-0.05, 0) is 24.8 Å². The highest BCUT2D eigenvalue weighted by Crippen LogP contribution is 2.29. The number of nitrogens with one attached hydrogen (secondary N) is 1. The molecule has 2 fully saturated rings. The van der Waals surface area contributed by atoms with Crippen molar-refractivity contribution in [3.05, 3.63) is 35.9 Å². The molecule has 3 N–H and O–H groups in total. The Morgan fingerprint density at radius 2 is 1.84 bits per heavy atom. The van der Waals surface area contributed by atoms with Crippen LogP contribution in [0.25, 0.3) is 0 Å². The molecule has 0 radical (unpaired) electrons. The Hall–Kier alpha value is -1.96. The number of nitrogens with zero attached hydrogens (tertiary/aromatic N) is 2. The third kappa shape index (κ3) is 3.84. The molecule has 1 atom stereocenters. The van der Waals surface area contributed by atoms with Gasteiger partial charge >= 0.3 is 6.03 Å². The van der Waals surface area contributed by atoms with E-state index in [0.717, 1.165) is 31.0 Å². The van der Waals surface area contributed by atoms with Crippen molar-refractivity contribution in [2.45, 2.75) is 30.9 Å². The summed E-state index contributed by atoms with van der Waals surface area (Å²) in [5.74, 6) is -0.285. The first-order valence-corrected chi connectivity index (χ1v) is 8.73. The van der Waals surface area contributed by atoms with Crippen molar-refractivity contribution in [3.63, 3.8) is 0 Å². The highest BCUT2D eigenvalue weighted by atomic mass is 16.3. The smallest absolute Gasteiger partial charge is 0.325 e. The largest absolute Gasteiger partial charge is 0.394 e. The number of aliphatic hydroxyl groups is 2. The molecule has 0 saturated carbocycles. The number of amides is 3. The van der Waals surface area contributed by atoms with Gasteiger partial charge in [0.2, 0.25) is 0 Å². The van der Waals surface area contributed by atoms with E-state index in [0.29, 0.717) is 12.8 Å². The van der Waals surface area contributed by atoms with Crippen molar-refractivity contribution >= 4 is 11.9 Å². The van der Waals surface area contributed by atoms with Crippen LogP contribution in [0.4, 0.5) is 4.79 Å². The molecule has 2 heterocycles. The lowest BCUT2D eigenvalue weighted by molar-refractivity contribution is -0.134. The van der Waals surface area contributed by atoms with Gasteiger partial charge in [-0.25, -0.2) is 4.79 Å². The fourth-order valence-corrected chi connectivity index (χ4v) is 3.54. The number of β-amino-alcohol motifs (C(OH)–C–C–N with tert-alkyl or cyclic N) is 1. The lowest BCUT2D eigenvalue weighted by Crippen LogP contribution is -2.55. The van der Waals surface area contributed by atoms with Gasteiger partial charge in [0.05, 0.1) is 19.3 Å². The lowest BCUT2D eigenvalue weighted by Gasteiger charge is -2.37. The Balaban J connectivity index is 1.54. The summed E-state index contributed by atoms with van der Waals surface area (Å²) in [6, 6.07) is 9.80. The van der Waals surface area contributed by atoms with Crippen molar-refractivity contribution < 1.29 is 19.8 Å². The van der Waals surface area contributed by atoms with Crippen LogP contribution in [0.5, 0.6) is 0 Å². The van der Waals surface area contributed by atoms with Crippen LogP contribution in [-0.4, -0.2) is 76.4 Å². The van der Waals surface area contributed by atoms with Gasteiger partial charge < -0.3 is 20.4 Å². The number of benzene rings is 1. The number of rotatable bonds is 6. The summed E-state index contributed by atoms with van der Waals surface area (Å²) in [4.78, 5) is 28.1. The van der Waals surface area contributed by atoms with E-state index < -0.39 is 24.3 Å². The topological polar surface area (TPSA) is 93.1 Å². The maximum absolute atomic E-state index is 12.7. The minimum absolute atomic E-state index is 0.166. The molecule has 25 heavy (non-hydrogen) atoms.